The maximum Gasteiger partial charge on any atom is 0.326 e. The molecular weight excluding hydrogens is 282 g/mol. The van der Waals surface area contributed by atoms with Crippen LogP contribution in [-0.2, 0) is 11.2 Å². The zero-order valence-corrected chi connectivity index (χ0v) is 13.3. The van der Waals surface area contributed by atoms with Gasteiger partial charge in [-0.15, -0.1) is 0 Å². The molecule has 0 saturated heterocycles. The molecule has 118 valence electrons. The van der Waals surface area contributed by atoms with Crippen LogP contribution in [0.5, 0.6) is 0 Å². The quantitative estimate of drug-likeness (QED) is 0.885. The van der Waals surface area contributed by atoms with E-state index in [2.05, 4.69) is 10.3 Å². The number of aromatic nitrogens is 2. The van der Waals surface area contributed by atoms with Crippen molar-refractivity contribution in [3.05, 3.63) is 35.3 Å². The van der Waals surface area contributed by atoms with E-state index >= 15 is 0 Å². The maximum atomic E-state index is 12.6. The van der Waals surface area contributed by atoms with Gasteiger partial charge in [0.15, 0.2) is 0 Å². The van der Waals surface area contributed by atoms with E-state index in [4.69, 9.17) is 0 Å². The predicted molar refractivity (Wildman–Crippen MR) is 83.0 cm³/mol. The van der Waals surface area contributed by atoms with E-state index < -0.39 is 17.9 Å². The summed E-state index contributed by atoms with van der Waals surface area (Å²) in [5, 5.41) is 11.8. The molecule has 0 aliphatic carbocycles. The summed E-state index contributed by atoms with van der Waals surface area (Å²) in [5.41, 5.74) is 2.82. The first-order valence-corrected chi connectivity index (χ1v) is 7.36. The minimum Gasteiger partial charge on any atom is -0.480 e. The van der Waals surface area contributed by atoms with Crippen molar-refractivity contribution in [2.24, 2.45) is 5.92 Å². The van der Waals surface area contributed by atoms with Gasteiger partial charge in [-0.05, 0) is 37.0 Å². The van der Waals surface area contributed by atoms with Crippen LogP contribution in [0.3, 0.4) is 0 Å². The van der Waals surface area contributed by atoms with E-state index in [0.29, 0.717) is 23.5 Å². The van der Waals surface area contributed by atoms with Crippen molar-refractivity contribution in [3.63, 3.8) is 0 Å². The molecule has 0 aromatic carbocycles. The van der Waals surface area contributed by atoms with Gasteiger partial charge in [0.1, 0.15) is 17.4 Å². The molecule has 2 aromatic rings. The number of amides is 1. The lowest BCUT2D eigenvalue weighted by Gasteiger charge is -2.18. The van der Waals surface area contributed by atoms with E-state index in [9.17, 15) is 14.7 Å². The van der Waals surface area contributed by atoms with Gasteiger partial charge in [-0.2, -0.15) is 0 Å². The number of imidazole rings is 1. The zero-order chi connectivity index (χ0) is 16.4. The van der Waals surface area contributed by atoms with Gasteiger partial charge in [-0.1, -0.05) is 20.8 Å². The van der Waals surface area contributed by atoms with Crippen LogP contribution in [-0.4, -0.2) is 32.4 Å². The number of hydrogen-bond acceptors (Lipinski definition) is 3. The lowest BCUT2D eigenvalue weighted by atomic mass is 10.0. The summed E-state index contributed by atoms with van der Waals surface area (Å²) < 4.78 is 1.71. The third-order valence-corrected chi connectivity index (χ3v) is 3.62. The van der Waals surface area contributed by atoms with Crippen molar-refractivity contribution in [1.29, 1.82) is 0 Å². The minimum absolute atomic E-state index is 0.201. The monoisotopic (exact) mass is 303 g/mol. The number of nitrogens with one attached hydrogen (secondary N) is 1. The van der Waals surface area contributed by atoms with E-state index in [1.165, 1.54) is 0 Å². The van der Waals surface area contributed by atoms with Crippen molar-refractivity contribution in [3.8, 4) is 0 Å². The zero-order valence-electron chi connectivity index (χ0n) is 13.3. The van der Waals surface area contributed by atoms with Gasteiger partial charge in [0.2, 0.25) is 0 Å². The van der Waals surface area contributed by atoms with Crippen LogP contribution >= 0.6 is 0 Å². The number of carboxylic acid groups (broad SMARTS) is 1. The maximum absolute atomic E-state index is 12.6. The Morgan fingerprint density at radius 3 is 2.64 bits per heavy atom. The molecule has 2 heterocycles. The second-order valence-electron chi connectivity index (χ2n) is 5.73. The number of pyridine rings is 1. The van der Waals surface area contributed by atoms with E-state index in [0.717, 1.165) is 5.56 Å². The van der Waals surface area contributed by atoms with Crippen LogP contribution in [0.1, 0.15) is 42.5 Å². The highest BCUT2D eigenvalue weighted by atomic mass is 16.4. The van der Waals surface area contributed by atoms with Crippen LogP contribution in [0.25, 0.3) is 5.65 Å². The van der Waals surface area contributed by atoms with Crippen molar-refractivity contribution in [2.45, 2.75) is 40.2 Å². The Morgan fingerprint density at radius 2 is 2.09 bits per heavy atom. The molecule has 0 bridgehead atoms. The van der Waals surface area contributed by atoms with Gasteiger partial charge in [0.25, 0.3) is 5.91 Å². The van der Waals surface area contributed by atoms with Crippen LogP contribution in [0.4, 0.5) is 0 Å². The van der Waals surface area contributed by atoms with Gasteiger partial charge >= 0.3 is 5.97 Å². The molecule has 2 N–H and O–H groups in total. The summed E-state index contributed by atoms with van der Waals surface area (Å²) in [7, 11) is 0. The van der Waals surface area contributed by atoms with Crippen molar-refractivity contribution in [2.75, 3.05) is 0 Å². The molecule has 0 spiro atoms. The van der Waals surface area contributed by atoms with Crippen molar-refractivity contribution in [1.82, 2.24) is 14.7 Å². The van der Waals surface area contributed by atoms with Gasteiger partial charge in [-0.3, -0.25) is 9.20 Å². The van der Waals surface area contributed by atoms with Gasteiger partial charge < -0.3 is 10.4 Å². The molecule has 0 aliphatic heterocycles. The van der Waals surface area contributed by atoms with E-state index in [1.807, 2.05) is 26.0 Å². The molecule has 0 fully saturated rings. The smallest absolute Gasteiger partial charge is 0.326 e. The molecule has 22 heavy (non-hydrogen) atoms. The van der Waals surface area contributed by atoms with E-state index in [1.54, 1.807) is 24.4 Å². The first-order valence-electron chi connectivity index (χ1n) is 7.36. The Bertz CT molecular complexity index is 719. The number of carbonyl (C=O) groups is 2. The van der Waals surface area contributed by atoms with E-state index in [-0.39, 0.29) is 5.92 Å². The number of carbonyl (C=O) groups excluding carboxylic acids is 1. The summed E-state index contributed by atoms with van der Waals surface area (Å²) in [6.45, 7) is 7.40. The Kier molecular flexibility index (Phi) is 4.49. The van der Waals surface area contributed by atoms with Crippen molar-refractivity contribution < 1.29 is 14.7 Å². The number of fused-ring (bicyclic) bond motifs is 1. The molecule has 1 unspecified atom stereocenters. The highest BCUT2D eigenvalue weighted by Gasteiger charge is 2.27. The molecule has 2 aromatic heterocycles. The Hall–Kier alpha value is -2.37. The fourth-order valence-corrected chi connectivity index (χ4v) is 2.41. The van der Waals surface area contributed by atoms with Crippen LogP contribution in [0.15, 0.2) is 18.3 Å². The molecule has 0 radical (unpaired) electrons. The molecule has 1 atom stereocenters. The lowest BCUT2D eigenvalue weighted by Crippen LogP contribution is -2.44. The standard InChI is InChI=1S/C16H21N3O3/c1-5-11-14(15(20)18-13(9(2)3)16(21)22)19-7-6-10(4)8-12(19)17-11/h6-9,13H,5H2,1-4H3,(H,18,20)(H,21,22). The van der Waals surface area contributed by atoms with Gasteiger partial charge in [-0.25, -0.2) is 9.78 Å². The molecular formula is C16H21N3O3. The molecule has 2 rings (SSSR count). The number of carboxylic acids is 1. The minimum atomic E-state index is -1.04. The molecule has 6 heteroatoms. The summed E-state index contributed by atoms with van der Waals surface area (Å²) >= 11 is 0. The summed E-state index contributed by atoms with van der Waals surface area (Å²) in [6, 6.07) is 2.86. The second kappa shape index (κ2) is 6.17. The van der Waals surface area contributed by atoms with Crippen LogP contribution < -0.4 is 5.32 Å². The van der Waals surface area contributed by atoms with Gasteiger partial charge in [0.05, 0.1) is 5.69 Å². The first kappa shape index (κ1) is 16.0. The number of rotatable bonds is 5. The number of hydrogen-bond donors (Lipinski definition) is 2. The summed E-state index contributed by atoms with van der Waals surface area (Å²) in [4.78, 5) is 28.3. The normalized spacial score (nSPS) is 12.6. The molecule has 6 nitrogen and oxygen atoms in total. The first-order chi connectivity index (χ1) is 10.3. The van der Waals surface area contributed by atoms with Gasteiger partial charge in [0, 0.05) is 6.20 Å². The fourth-order valence-electron chi connectivity index (χ4n) is 2.41. The Labute approximate surface area is 129 Å². The fraction of sp³-hybridized carbons (Fsp3) is 0.438. The Morgan fingerprint density at radius 1 is 1.41 bits per heavy atom. The van der Waals surface area contributed by atoms with Crippen LogP contribution in [0.2, 0.25) is 0 Å². The highest BCUT2D eigenvalue weighted by molar-refractivity contribution is 5.97. The average molecular weight is 303 g/mol. The number of nitrogens with zero attached hydrogens (tertiary/aromatic N) is 2. The summed E-state index contributed by atoms with van der Waals surface area (Å²) in [5.74, 6) is -1.65. The van der Waals surface area contributed by atoms with Crippen LogP contribution in [0, 0.1) is 12.8 Å². The largest absolute Gasteiger partial charge is 0.480 e. The molecule has 1 amide bonds. The lowest BCUT2D eigenvalue weighted by molar-refractivity contribution is -0.140. The van der Waals surface area contributed by atoms with Crippen molar-refractivity contribution >= 4 is 17.5 Å². The second-order valence-corrected chi connectivity index (χ2v) is 5.73. The number of aliphatic carboxylic acids is 1. The topological polar surface area (TPSA) is 83.7 Å². The number of aryl methyl sites for hydroxylation is 2. The Balaban J connectivity index is 2.44. The molecule has 0 saturated carbocycles. The highest BCUT2D eigenvalue weighted by Crippen LogP contribution is 2.16. The molecule has 0 aliphatic rings. The third-order valence-electron chi connectivity index (χ3n) is 3.62. The average Bonchev–Trinajstić information content (AvgIpc) is 2.81. The SMILES string of the molecule is CCc1nc2cc(C)ccn2c1C(=O)NC(C(=O)O)C(C)C. The predicted octanol–water partition coefficient (Wildman–Crippen LogP) is 2.04. The summed E-state index contributed by atoms with van der Waals surface area (Å²) in [6.07, 6.45) is 2.39. The third kappa shape index (κ3) is 2.95.